The maximum Gasteiger partial charge on any atom is 0.308 e. The third kappa shape index (κ3) is 2.22. The Morgan fingerprint density at radius 2 is 2.06 bits per heavy atom. The number of carboxylic acid groups (broad SMARTS) is 1. The van der Waals surface area contributed by atoms with E-state index in [9.17, 15) is 9.18 Å². The lowest BCUT2D eigenvalue weighted by Gasteiger charge is -2.29. The molecule has 0 bridgehead atoms. The molecule has 1 aromatic rings. The van der Waals surface area contributed by atoms with Gasteiger partial charge in [0.05, 0.1) is 5.92 Å². The zero-order chi connectivity index (χ0) is 11.5. The van der Waals surface area contributed by atoms with Crippen molar-refractivity contribution < 1.29 is 14.3 Å². The molecular formula is C12H14FNO2. The Hall–Kier alpha value is -1.42. The molecule has 4 heteroatoms. The molecule has 0 radical (unpaired) electrons. The molecular weight excluding hydrogens is 209 g/mol. The van der Waals surface area contributed by atoms with E-state index in [1.54, 1.807) is 12.1 Å². The lowest BCUT2D eigenvalue weighted by atomic mass is 9.81. The zero-order valence-corrected chi connectivity index (χ0v) is 8.82. The normalized spacial score (nSPS) is 25.3. The van der Waals surface area contributed by atoms with Gasteiger partial charge in [-0.25, -0.2) is 4.39 Å². The highest BCUT2D eigenvalue weighted by Gasteiger charge is 2.31. The molecule has 1 saturated heterocycles. The fraction of sp³-hybridized carbons (Fsp3) is 0.417. The molecule has 0 amide bonds. The van der Waals surface area contributed by atoms with Gasteiger partial charge in [-0.2, -0.15) is 0 Å². The van der Waals surface area contributed by atoms with Gasteiger partial charge in [0.2, 0.25) is 0 Å². The van der Waals surface area contributed by atoms with Gasteiger partial charge < -0.3 is 10.4 Å². The number of piperidine rings is 1. The van der Waals surface area contributed by atoms with E-state index < -0.39 is 11.9 Å². The first-order valence-corrected chi connectivity index (χ1v) is 5.37. The molecule has 1 fully saturated rings. The van der Waals surface area contributed by atoms with Gasteiger partial charge in [-0.3, -0.25) is 4.79 Å². The second-order valence-corrected chi connectivity index (χ2v) is 4.10. The highest BCUT2D eigenvalue weighted by atomic mass is 19.1. The first kappa shape index (κ1) is 11.1. The van der Waals surface area contributed by atoms with Crippen molar-refractivity contribution >= 4 is 5.97 Å². The number of halogens is 1. The van der Waals surface area contributed by atoms with E-state index in [0.717, 1.165) is 18.5 Å². The Labute approximate surface area is 93.3 Å². The second kappa shape index (κ2) is 4.61. The zero-order valence-electron chi connectivity index (χ0n) is 8.82. The fourth-order valence-electron chi connectivity index (χ4n) is 2.23. The molecule has 2 atom stereocenters. The highest BCUT2D eigenvalue weighted by molar-refractivity contribution is 5.72. The quantitative estimate of drug-likeness (QED) is 0.800. The monoisotopic (exact) mass is 223 g/mol. The summed E-state index contributed by atoms with van der Waals surface area (Å²) in [5.41, 5.74) is 0.912. The van der Waals surface area contributed by atoms with Crippen molar-refractivity contribution in [3.05, 3.63) is 35.6 Å². The Morgan fingerprint density at radius 1 is 1.38 bits per heavy atom. The van der Waals surface area contributed by atoms with Crippen LogP contribution in [0.3, 0.4) is 0 Å². The summed E-state index contributed by atoms with van der Waals surface area (Å²) >= 11 is 0. The maximum absolute atomic E-state index is 12.8. The number of carbonyl (C=O) groups is 1. The largest absolute Gasteiger partial charge is 0.481 e. The van der Waals surface area contributed by atoms with Crippen LogP contribution in [-0.2, 0) is 4.79 Å². The van der Waals surface area contributed by atoms with Crippen LogP contribution in [0.15, 0.2) is 24.3 Å². The van der Waals surface area contributed by atoms with Crippen molar-refractivity contribution in [2.75, 3.05) is 13.1 Å². The van der Waals surface area contributed by atoms with Crippen molar-refractivity contribution in [2.45, 2.75) is 12.3 Å². The maximum atomic E-state index is 12.8. The molecule has 2 rings (SSSR count). The minimum Gasteiger partial charge on any atom is -0.481 e. The van der Waals surface area contributed by atoms with Crippen LogP contribution in [-0.4, -0.2) is 24.2 Å². The van der Waals surface area contributed by atoms with Crippen molar-refractivity contribution in [1.29, 1.82) is 0 Å². The summed E-state index contributed by atoms with van der Waals surface area (Å²) in [6.45, 7) is 1.29. The molecule has 16 heavy (non-hydrogen) atoms. The minimum absolute atomic E-state index is 0.0145. The van der Waals surface area contributed by atoms with Crippen LogP contribution in [0.1, 0.15) is 17.9 Å². The topological polar surface area (TPSA) is 49.3 Å². The van der Waals surface area contributed by atoms with Gasteiger partial charge in [-0.15, -0.1) is 0 Å². The summed E-state index contributed by atoms with van der Waals surface area (Å²) in [7, 11) is 0. The standard InChI is InChI=1S/C12H14FNO2/c13-9-3-1-8(2-4-9)10-5-6-14-7-11(10)12(15)16/h1-4,10-11,14H,5-7H2,(H,15,16). The number of hydrogen-bond donors (Lipinski definition) is 2. The molecule has 0 saturated carbocycles. The lowest BCUT2D eigenvalue weighted by molar-refractivity contribution is -0.142. The second-order valence-electron chi connectivity index (χ2n) is 4.10. The molecule has 1 aromatic carbocycles. The fourth-order valence-corrected chi connectivity index (χ4v) is 2.23. The summed E-state index contributed by atoms with van der Waals surface area (Å²) in [5, 5.41) is 12.2. The van der Waals surface area contributed by atoms with Crippen molar-refractivity contribution in [3.8, 4) is 0 Å². The van der Waals surface area contributed by atoms with E-state index >= 15 is 0 Å². The average Bonchev–Trinajstić information content (AvgIpc) is 2.30. The molecule has 1 aliphatic rings. The first-order chi connectivity index (χ1) is 7.68. The SMILES string of the molecule is O=C(O)C1CNCCC1c1ccc(F)cc1. The molecule has 3 nitrogen and oxygen atoms in total. The number of benzene rings is 1. The smallest absolute Gasteiger partial charge is 0.308 e. The molecule has 0 aliphatic carbocycles. The number of carboxylic acids is 1. The van der Waals surface area contributed by atoms with Gasteiger partial charge >= 0.3 is 5.97 Å². The van der Waals surface area contributed by atoms with Crippen molar-refractivity contribution in [1.82, 2.24) is 5.32 Å². The predicted octanol–water partition coefficient (Wildman–Crippen LogP) is 1.60. The Morgan fingerprint density at radius 3 is 2.69 bits per heavy atom. The Kier molecular flexibility index (Phi) is 3.19. The Balaban J connectivity index is 2.23. The number of rotatable bonds is 2. The Bertz CT molecular complexity index is 377. The summed E-state index contributed by atoms with van der Waals surface area (Å²) in [4.78, 5) is 11.1. The van der Waals surface area contributed by atoms with E-state index in [1.807, 2.05) is 0 Å². The predicted molar refractivity (Wildman–Crippen MR) is 57.8 cm³/mol. The van der Waals surface area contributed by atoms with Crippen LogP contribution in [0.2, 0.25) is 0 Å². The third-order valence-electron chi connectivity index (χ3n) is 3.10. The summed E-state index contributed by atoms with van der Waals surface area (Å²) in [5.74, 6) is -1.51. The van der Waals surface area contributed by atoms with Crippen LogP contribution in [0.5, 0.6) is 0 Å². The number of hydrogen-bond acceptors (Lipinski definition) is 2. The van der Waals surface area contributed by atoms with Gasteiger partial charge in [-0.05, 0) is 36.6 Å². The first-order valence-electron chi connectivity index (χ1n) is 5.37. The molecule has 2 N–H and O–H groups in total. The average molecular weight is 223 g/mol. The summed E-state index contributed by atoms with van der Waals surface area (Å²) in [6.07, 6.45) is 0.780. The summed E-state index contributed by atoms with van der Waals surface area (Å²) in [6, 6.07) is 6.13. The van der Waals surface area contributed by atoms with Crippen molar-refractivity contribution in [3.63, 3.8) is 0 Å². The van der Waals surface area contributed by atoms with Gasteiger partial charge in [0.1, 0.15) is 5.82 Å². The van der Waals surface area contributed by atoms with Gasteiger partial charge in [0, 0.05) is 6.54 Å². The molecule has 0 spiro atoms. The molecule has 0 aromatic heterocycles. The lowest BCUT2D eigenvalue weighted by Crippen LogP contribution is -2.39. The van der Waals surface area contributed by atoms with E-state index in [1.165, 1.54) is 12.1 Å². The minimum atomic E-state index is -0.790. The van der Waals surface area contributed by atoms with E-state index in [4.69, 9.17) is 5.11 Å². The van der Waals surface area contributed by atoms with Crippen LogP contribution >= 0.6 is 0 Å². The number of nitrogens with one attached hydrogen (secondary N) is 1. The van der Waals surface area contributed by atoms with Crippen LogP contribution in [0.25, 0.3) is 0 Å². The summed E-state index contributed by atoms with van der Waals surface area (Å²) < 4.78 is 12.8. The molecule has 1 heterocycles. The van der Waals surface area contributed by atoms with Crippen LogP contribution < -0.4 is 5.32 Å². The highest BCUT2D eigenvalue weighted by Crippen LogP contribution is 2.30. The van der Waals surface area contributed by atoms with Gasteiger partial charge in [0.15, 0.2) is 0 Å². The van der Waals surface area contributed by atoms with Crippen LogP contribution in [0.4, 0.5) is 4.39 Å². The van der Waals surface area contributed by atoms with E-state index in [-0.39, 0.29) is 11.7 Å². The molecule has 2 unspecified atom stereocenters. The molecule has 1 aliphatic heterocycles. The van der Waals surface area contributed by atoms with E-state index in [0.29, 0.717) is 6.54 Å². The number of aliphatic carboxylic acids is 1. The van der Waals surface area contributed by atoms with Gasteiger partial charge in [-0.1, -0.05) is 12.1 Å². The van der Waals surface area contributed by atoms with Crippen molar-refractivity contribution in [2.24, 2.45) is 5.92 Å². The molecule has 86 valence electrons. The van der Waals surface area contributed by atoms with Crippen LogP contribution in [0, 0.1) is 11.7 Å². The van der Waals surface area contributed by atoms with E-state index in [2.05, 4.69) is 5.32 Å². The van der Waals surface area contributed by atoms with Gasteiger partial charge in [0.25, 0.3) is 0 Å². The third-order valence-corrected chi connectivity index (χ3v) is 3.10.